The summed E-state index contributed by atoms with van der Waals surface area (Å²) in [5, 5.41) is 13.4. The third-order valence-electron chi connectivity index (χ3n) is 5.49. The monoisotopic (exact) mass is 527 g/mol. The Morgan fingerprint density at radius 1 is 1.14 bits per heavy atom. The van der Waals surface area contributed by atoms with Crippen molar-refractivity contribution >= 4 is 27.8 Å². The van der Waals surface area contributed by atoms with Gasteiger partial charge in [0.05, 0.1) is 4.92 Å². The van der Waals surface area contributed by atoms with E-state index in [9.17, 15) is 36.5 Å². The molecule has 0 aliphatic carbocycles. The zero-order chi connectivity index (χ0) is 26.3. The first-order chi connectivity index (χ1) is 16.9. The van der Waals surface area contributed by atoms with Gasteiger partial charge in [0.1, 0.15) is 5.75 Å². The molecule has 0 spiro atoms. The summed E-state index contributed by atoms with van der Waals surface area (Å²) in [4.78, 5) is 24.2. The standard InChI is InChI=1S/C23H24F3N3O6S/c24-23(25,26)36(33,34)35-21-9-6-18-11-14-28(16-19(18)15-21)13-2-1-12-27-22(30)10-5-17-3-7-20(8-4-17)29(31)32/h3-10,15H,1-2,11-14,16H2,(H,27,30). The number of nitro groups is 1. The first kappa shape index (κ1) is 27.1. The maximum absolute atomic E-state index is 12.6. The predicted molar refractivity (Wildman–Crippen MR) is 125 cm³/mol. The Balaban J connectivity index is 1.40. The number of nitrogens with one attached hydrogen (secondary N) is 1. The first-order valence-corrected chi connectivity index (χ1v) is 12.4. The molecular weight excluding hydrogens is 503 g/mol. The van der Waals surface area contributed by atoms with Crippen molar-refractivity contribution in [3.63, 3.8) is 0 Å². The van der Waals surface area contributed by atoms with Gasteiger partial charge in [0.25, 0.3) is 5.69 Å². The second kappa shape index (κ2) is 11.5. The average molecular weight is 528 g/mol. The summed E-state index contributed by atoms with van der Waals surface area (Å²) in [7, 11) is -5.72. The Bertz CT molecular complexity index is 1230. The number of unbranched alkanes of at least 4 members (excludes halogenated alkanes) is 1. The van der Waals surface area contributed by atoms with Crippen LogP contribution in [0.25, 0.3) is 6.08 Å². The van der Waals surface area contributed by atoms with Gasteiger partial charge in [-0.3, -0.25) is 19.8 Å². The number of hydrogen-bond donors (Lipinski definition) is 1. The van der Waals surface area contributed by atoms with E-state index in [0.717, 1.165) is 18.5 Å². The Morgan fingerprint density at radius 3 is 2.53 bits per heavy atom. The summed E-state index contributed by atoms with van der Waals surface area (Å²) in [6.07, 6.45) is 5.04. The molecule has 0 fully saturated rings. The Kier molecular flexibility index (Phi) is 8.69. The van der Waals surface area contributed by atoms with Crippen LogP contribution in [0.1, 0.15) is 29.5 Å². The Hall–Kier alpha value is -3.45. The van der Waals surface area contributed by atoms with Crippen LogP contribution >= 0.6 is 0 Å². The van der Waals surface area contributed by atoms with E-state index in [-0.39, 0.29) is 17.3 Å². The van der Waals surface area contributed by atoms with Crippen molar-refractivity contribution in [2.45, 2.75) is 31.3 Å². The summed E-state index contributed by atoms with van der Waals surface area (Å²) < 4.78 is 64.4. The van der Waals surface area contributed by atoms with E-state index in [1.807, 2.05) is 0 Å². The van der Waals surface area contributed by atoms with E-state index in [1.165, 1.54) is 30.3 Å². The van der Waals surface area contributed by atoms with E-state index in [1.54, 1.807) is 24.3 Å². The number of halogens is 3. The summed E-state index contributed by atoms with van der Waals surface area (Å²) >= 11 is 0. The fourth-order valence-electron chi connectivity index (χ4n) is 3.62. The largest absolute Gasteiger partial charge is 0.534 e. The number of carbonyl (C=O) groups excluding carboxylic acids is 1. The molecule has 1 N–H and O–H groups in total. The topological polar surface area (TPSA) is 119 Å². The van der Waals surface area contributed by atoms with Crippen LogP contribution in [0.4, 0.5) is 18.9 Å². The molecule has 3 rings (SSSR count). The van der Waals surface area contributed by atoms with E-state index in [4.69, 9.17) is 0 Å². The number of carbonyl (C=O) groups is 1. The second-order valence-corrected chi connectivity index (χ2v) is 9.66. The normalized spacial score (nSPS) is 14.4. The Labute approximate surface area is 205 Å². The summed E-state index contributed by atoms with van der Waals surface area (Å²) in [5.74, 6) is -0.668. The highest BCUT2D eigenvalue weighted by atomic mass is 32.2. The van der Waals surface area contributed by atoms with Crippen molar-refractivity contribution in [1.82, 2.24) is 10.2 Å². The van der Waals surface area contributed by atoms with Crippen LogP contribution in [-0.4, -0.2) is 49.3 Å². The van der Waals surface area contributed by atoms with E-state index in [2.05, 4.69) is 14.4 Å². The van der Waals surface area contributed by atoms with E-state index in [0.29, 0.717) is 43.6 Å². The molecule has 0 bridgehead atoms. The molecule has 0 atom stereocenters. The van der Waals surface area contributed by atoms with Crippen LogP contribution in [0.5, 0.6) is 5.75 Å². The van der Waals surface area contributed by atoms with Gasteiger partial charge in [-0.05, 0) is 72.8 Å². The maximum atomic E-state index is 12.6. The van der Waals surface area contributed by atoms with Crippen LogP contribution in [0.2, 0.25) is 0 Å². The number of nitrogens with zero attached hydrogens (tertiary/aromatic N) is 2. The van der Waals surface area contributed by atoms with Gasteiger partial charge in [-0.25, -0.2) is 0 Å². The molecule has 0 aromatic heterocycles. The minimum atomic E-state index is -5.72. The number of amides is 1. The number of rotatable bonds is 10. The van der Waals surface area contributed by atoms with E-state index < -0.39 is 20.5 Å². The van der Waals surface area contributed by atoms with Crippen molar-refractivity contribution in [2.24, 2.45) is 0 Å². The molecular formula is C23H24F3N3O6S. The van der Waals surface area contributed by atoms with Crippen molar-refractivity contribution in [1.29, 1.82) is 0 Å². The molecule has 13 heteroatoms. The Morgan fingerprint density at radius 2 is 1.86 bits per heavy atom. The van der Waals surface area contributed by atoms with Gasteiger partial charge in [0.2, 0.25) is 5.91 Å². The van der Waals surface area contributed by atoms with Crippen LogP contribution in [0.15, 0.2) is 48.5 Å². The maximum Gasteiger partial charge on any atom is 0.534 e. The summed E-state index contributed by atoms with van der Waals surface area (Å²) in [6.45, 7) is 2.34. The highest BCUT2D eigenvalue weighted by Gasteiger charge is 2.48. The minimum absolute atomic E-state index is 0.0306. The molecule has 1 aliphatic heterocycles. The van der Waals surface area contributed by atoms with Crippen LogP contribution in [-0.2, 0) is 27.9 Å². The zero-order valence-corrected chi connectivity index (χ0v) is 19.8. The van der Waals surface area contributed by atoms with Gasteiger partial charge in [0, 0.05) is 37.8 Å². The molecule has 36 heavy (non-hydrogen) atoms. The fraction of sp³-hybridized carbons (Fsp3) is 0.348. The van der Waals surface area contributed by atoms with Crippen LogP contribution in [0.3, 0.4) is 0 Å². The molecule has 0 saturated heterocycles. The number of benzene rings is 2. The molecule has 1 aliphatic rings. The van der Waals surface area contributed by atoms with Gasteiger partial charge in [-0.15, -0.1) is 0 Å². The first-order valence-electron chi connectivity index (χ1n) is 11.0. The van der Waals surface area contributed by atoms with Crippen molar-refractivity contribution in [3.8, 4) is 5.75 Å². The van der Waals surface area contributed by atoms with Crippen molar-refractivity contribution in [3.05, 3.63) is 75.3 Å². The van der Waals surface area contributed by atoms with Gasteiger partial charge in [0.15, 0.2) is 0 Å². The molecule has 0 unspecified atom stereocenters. The predicted octanol–water partition coefficient (Wildman–Crippen LogP) is 3.79. The summed E-state index contributed by atoms with van der Waals surface area (Å²) in [6, 6.07) is 9.92. The zero-order valence-electron chi connectivity index (χ0n) is 19.0. The lowest BCUT2D eigenvalue weighted by Crippen LogP contribution is -2.32. The lowest BCUT2D eigenvalue weighted by atomic mass is 9.99. The third kappa shape index (κ3) is 7.52. The molecule has 0 radical (unpaired) electrons. The minimum Gasteiger partial charge on any atom is -0.376 e. The lowest BCUT2D eigenvalue weighted by molar-refractivity contribution is -0.384. The lowest BCUT2D eigenvalue weighted by Gasteiger charge is -2.29. The number of nitro benzene ring substituents is 1. The average Bonchev–Trinajstić information content (AvgIpc) is 2.81. The number of fused-ring (bicyclic) bond motifs is 1. The fourth-order valence-corrected chi connectivity index (χ4v) is 4.07. The number of hydrogen-bond acceptors (Lipinski definition) is 7. The molecule has 9 nitrogen and oxygen atoms in total. The highest BCUT2D eigenvalue weighted by molar-refractivity contribution is 7.88. The van der Waals surface area contributed by atoms with Crippen LogP contribution < -0.4 is 9.50 Å². The smallest absolute Gasteiger partial charge is 0.376 e. The quantitative estimate of drug-likeness (QED) is 0.125. The third-order valence-corrected chi connectivity index (χ3v) is 6.47. The SMILES string of the molecule is O=C(C=Cc1ccc([N+](=O)[O-])cc1)NCCCCN1CCc2ccc(OS(=O)(=O)C(F)(F)F)cc2C1. The van der Waals surface area contributed by atoms with Gasteiger partial charge < -0.3 is 9.50 Å². The molecule has 0 saturated carbocycles. The highest BCUT2D eigenvalue weighted by Crippen LogP contribution is 2.29. The van der Waals surface area contributed by atoms with Gasteiger partial charge >= 0.3 is 15.6 Å². The van der Waals surface area contributed by atoms with Crippen LogP contribution in [0, 0.1) is 10.1 Å². The molecule has 2 aromatic carbocycles. The van der Waals surface area contributed by atoms with E-state index >= 15 is 0 Å². The molecule has 194 valence electrons. The molecule has 2 aromatic rings. The van der Waals surface area contributed by atoms with Gasteiger partial charge in [-0.2, -0.15) is 21.6 Å². The number of non-ortho nitro benzene ring substituents is 1. The van der Waals surface area contributed by atoms with Crippen molar-refractivity contribution < 1.29 is 35.5 Å². The van der Waals surface area contributed by atoms with Crippen molar-refractivity contribution in [2.75, 3.05) is 19.6 Å². The molecule has 1 heterocycles. The number of alkyl halides is 3. The second-order valence-electron chi connectivity index (χ2n) is 8.12. The molecule has 1 amide bonds. The summed E-state index contributed by atoms with van der Waals surface area (Å²) in [5.41, 5.74) is -3.23. The van der Waals surface area contributed by atoms with Gasteiger partial charge in [-0.1, -0.05) is 6.07 Å².